The second kappa shape index (κ2) is 13.9. The van der Waals surface area contributed by atoms with Crippen LogP contribution >= 0.6 is 0 Å². The van der Waals surface area contributed by atoms with E-state index in [1.807, 2.05) is 0 Å². The minimum atomic E-state index is 1.12. The van der Waals surface area contributed by atoms with Gasteiger partial charge in [-0.05, 0) is 115 Å². The lowest BCUT2D eigenvalue weighted by molar-refractivity contribution is 1.18. The van der Waals surface area contributed by atoms with Gasteiger partial charge < -0.3 is 9.47 Å². The maximum atomic E-state index is 2.36. The van der Waals surface area contributed by atoms with Crippen molar-refractivity contribution in [3.05, 3.63) is 205 Å². The minimum Gasteiger partial charge on any atom is -0.311 e. The average molecular weight is 657 g/mol. The van der Waals surface area contributed by atoms with Crippen LogP contribution in [0.1, 0.15) is 30.5 Å². The predicted octanol–water partition coefficient (Wildman–Crippen LogP) is 13.7. The Labute approximate surface area is 300 Å². The number of fused-ring (bicyclic) bond motifs is 3. The maximum absolute atomic E-state index is 2.36. The van der Waals surface area contributed by atoms with Gasteiger partial charge in [0, 0.05) is 33.5 Å². The number of allylic oxidation sites excluding steroid dienone is 4. The van der Waals surface area contributed by atoms with E-state index in [4.69, 9.17) is 0 Å². The first-order valence-electron chi connectivity index (χ1n) is 17.6. The van der Waals surface area contributed by atoms with Gasteiger partial charge in [0.25, 0.3) is 0 Å². The Balaban J connectivity index is 1.08. The van der Waals surface area contributed by atoms with Gasteiger partial charge in [-0.2, -0.15) is 0 Å². The molecule has 8 rings (SSSR count). The van der Waals surface area contributed by atoms with Crippen molar-refractivity contribution in [1.82, 2.24) is 4.57 Å². The van der Waals surface area contributed by atoms with Crippen molar-refractivity contribution < 1.29 is 0 Å². The zero-order valence-electron chi connectivity index (χ0n) is 29.3. The highest BCUT2D eigenvalue weighted by atomic mass is 15.1. The third kappa shape index (κ3) is 6.40. The van der Waals surface area contributed by atoms with Crippen molar-refractivity contribution in [1.29, 1.82) is 0 Å². The first-order valence-corrected chi connectivity index (χ1v) is 17.6. The van der Waals surface area contributed by atoms with Crippen LogP contribution in [0.2, 0.25) is 0 Å². The minimum absolute atomic E-state index is 1.12. The van der Waals surface area contributed by atoms with E-state index in [-0.39, 0.29) is 0 Å². The zero-order valence-corrected chi connectivity index (χ0v) is 29.3. The summed E-state index contributed by atoms with van der Waals surface area (Å²) in [6.45, 7) is 6.47. The van der Waals surface area contributed by atoms with Crippen molar-refractivity contribution >= 4 is 50.0 Å². The van der Waals surface area contributed by atoms with Crippen molar-refractivity contribution in [2.75, 3.05) is 4.90 Å². The van der Waals surface area contributed by atoms with Crippen molar-refractivity contribution in [3.63, 3.8) is 0 Å². The van der Waals surface area contributed by atoms with E-state index in [9.17, 15) is 0 Å². The Morgan fingerprint density at radius 1 is 0.431 bits per heavy atom. The van der Waals surface area contributed by atoms with E-state index in [1.165, 1.54) is 60.8 Å². The van der Waals surface area contributed by atoms with Crippen LogP contribution < -0.4 is 4.90 Å². The Hall–Kier alpha value is -6.38. The SMILES string of the molecule is C/C(=C\C=C(/C)c1ccc(N(c2ccc(C)cc2)c2ccc(-c3ccc(-n4c5ccccc5c5ccccc54)cc3)cc2)cc1)c1ccccc1. The fourth-order valence-corrected chi connectivity index (χ4v) is 6.96. The summed E-state index contributed by atoms with van der Waals surface area (Å²) < 4.78 is 2.36. The topological polar surface area (TPSA) is 8.17 Å². The molecule has 0 bridgehead atoms. The molecular weight excluding hydrogens is 617 g/mol. The molecule has 0 spiro atoms. The fourth-order valence-electron chi connectivity index (χ4n) is 6.96. The number of aryl methyl sites for hydroxylation is 1. The highest BCUT2D eigenvalue weighted by Gasteiger charge is 2.14. The number of nitrogens with zero attached hydrogens (tertiary/aromatic N) is 2. The molecule has 246 valence electrons. The zero-order chi connectivity index (χ0) is 34.7. The van der Waals surface area contributed by atoms with Gasteiger partial charge in [0.1, 0.15) is 0 Å². The largest absolute Gasteiger partial charge is 0.311 e. The summed E-state index contributed by atoms with van der Waals surface area (Å²) in [6.07, 6.45) is 4.42. The quantitative estimate of drug-likeness (QED) is 0.148. The van der Waals surface area contributed by atoms with E-state index >= 15 is 0 Å². The molecule has 0 aliphatic carbocycles. The van der Waals surface area contributed by atoms with Gasteiger partial charge in [0.15, 0.2) is 0 Å². The molecule has 0 unspecified atom stereocenters. The molecule has 0 fully saturated rings. The standard InChI is InChI=1S/C49H40N2/c1-35-17-27-42(28-18-35)50(43-29-21-39(22-30-43)37(3)20-19-36(2)38-11-5-4-6-12-38)44-31-23-40(24-32-44)41-25-33-45(34-26-41)51-48-15-9-7-13-46(48)47-14-8-10-16-49(47)51/h4-34H,1-3H3/b36-19+,37-20+. The summed E-state index contributed by atoms with van der Waals surface area (Å²) in [6, 6.07) is 63.3. The lowest BCUT2D eigenvalue weighted by Crippen LogP contribution is -2.09. The number of rotatable bonds is 8. The van der Waals surface area contributed by atoms with Crippen LogP contribution in [0, 0.1) is 6.92 Å². The number of hydrogen-bond donors (Lipinski definition) is 0. The highest BCUT2D eigenvalue weighted by Crippen LogP contribution is 2.37. The molecular formula is C49H40N2. The Morgan fingerprint density at radius 3 is 1.37 bits per heavy atom. The summed E-state index contributed by atoms with van der Waals surface area (Å²) in [7, 11) is 0. The van der Waals surface area contributed by atoms with Crippen LogP contribution in [0.4, 0.5) is 17.1 Å². The molecule has 0 amide bonds. The third-order valence-corrected chi connectivity index (χ3v) is 9.85. The molecule has 0 aliphatic rings. The molecule has 0 atom stereocenters. The summed E-state index contributed by atoms with van der Waals surface area (Å²) in [4.78, 5) is 2.33. The van der Waals surface area contributed by atoms with E-state index in [1.54, 1.807) is 0 Å². The van der Waals surface area contributed by atoms with Gasteiger partial charge in [-0.15, -0.1) is 0 Å². The monoisotopic (exact) mass is 656 g/mol. The van der Waals surface area contributed by atoms with Gasteiger partial charge in [0.05, 0.1) is 11.0 Å². The fraction of sp³-hybridized carbons (Fsp3) is 0.0612. The number of aromatic nitrogens is 1. The molecule has 8 aromatic rings. The second-order valence-corrected chi connectivity index (χ2v) is 13.2. The molecule has 51 heavy (non-hydrogen) atoms. The highest BCUT2D eigenvalue weighted by molar-refractivity contribution is 6.09. The van der Waals surface area contributed by atoms with Crippen LogP contribution in [0.3, 0.4) is 0 Å². The maximum Gasteiger partial charge on any atom is 0.0541 e. The summed E-state index contributed by atoms with van der Waals surface area (Å²) in [5.74, 6) is 0. The molecule has 2 nitrogen and oxygen atoms in total. The summed E-state index contributed by atoms with van der Waals surface area (Å²) in [5, 5.41) is 2.55. The Morgan fingerprint density at radius 2 is 0.843 bits per heavy atom. The molecule has 1 aromatic heterocycles. The van der Waals surface area contributed by atoms with Crippen molar-refractivity contribution in [3.8, 4) is 16.8 Å². The molecule has 2 heteroatoms. The van der Waals surface area contributed by atoms with Gasteiger partial charge >= 0.3 is 0 Å². The number of anilines is 3. The van der Waals surface area contributed by atoms with Crippen molar-refractivity contribution in [2.24, 2.45) is 0 Å². The summed E-state index contributed by atoms with van der Waals surface area (Å²) in [5.41, 5.74) is 15.5. The molecule has 0 N–H and O–H groups in total. The molecule has 0 saturated heterocycles. The first-order chi connectivity index (χ1) is 25.0. The summed E-state index contributed by atoms with van der Waals surface area (Å²) >= 11 is 0. The van der Waals surface area contributed by atoms with E-state index < -0.39 is 0 Å². The lowest BCUT2D eigenvalue weighted by atomic mass is 10.0. The molecule has 0 radical (unpaired) electrons. The van der Waals surface area contributed by atoms with E-state index in [2.05, 4.69) is 218 Å². The normalized spacial score (nSPS) is 12.1. The van der Waals surface area contributed by atoms with Gasteiger partial charge in [0.2, 0.25) is 0 Å². The van der Waals surface area contributed by atoms with E-state index in [0.717, 1.165) is 22.7 Å². The van der Waals surface area contributed by atoms with Crippen LogP contribution in [-0.4, -0.2) is 4.57 Å². The van der Waals surface area contributed by atoms with Gasteiger partial charge in [-0.25, -0.2) is 0 Å². The van der Waals surface area contributed by atoms with E-state index in [0.29, 0.717) is 0 Å². The predicted molar refractivity (Wildman–Crippen MR) is 219 cm³/mol. The molecule has 7 aromatic carbocycles. The number of para-hydroxylation sites is 2. The first kappa shape index (κ1) is 31.9. The van der Waals surface area contributed by atoms with Crippen molar-refractivity contribution in [2.45, 2.75) is 20.8 Å². The number of benzene rings is 7. The smallest absolute Gasteiger partial charge is 0.0541 e. The van der Waals surface area contributed by atoms with Crippen LogP contribution in [0.15, 0.2) is 188 Å². The van der Waals surface area contributed by atoms with Crippen LogP contribution in [-0.2, 0) is 0 Å². The molecule has 0 aliphatic heterocycles. The molecule has 1 heterocycles. The lowest BCUT2D eigenvalue weighted by Gasteiger charge is -2.26. The molecule has 0 saturated carbocycles. The number of hydrogen-bond acceptors (Lipinski definition) is 1. The van der Waals surface area contributed by atoms with Crippen LogP contribution in [0.25, 0.3) is 49.8 Å². The Kier molecular flexibility index (Phi) is 8.66. The van der Waals surface area contributed by atoms with Gasteiger partial charge in [-0.3, -0.25) is 0 Å². The Bertz CT molecular complexity index is 2440. The second-order valence-electron chi connectivity index (χ2n) is 13.2. The third-order valence-electron chi connectivity index (χ3n) is 9.85. The van der Waals surface area contributed by atoms with Crippen LogP contribution in [0.5, 0.6) is 0 Å². The van der Waals surface area contributed by atoms with Gasteiger partial charge in [-0.1, -0.05) is 133 Å². The average Bonchev–Trinajstić information content (AvgIpc) is 3.53.